The number of rotatable bonds is 2. The van der Waals surface area contributed by atoms with Crippen molar-refractivity contribution in [2.75, 3.05) is 26.2 Å². The van der Waals surface area contributed by atoms with Crippen LogP contribution in [0.4, 0.5) is 0 Å². The highest BCUT2D eigenvalue weighted by atomic mass is 35.5. The predicted molar refractivity (Wildman–Crippen MR) is 76.6 cm³/mol. The summed E-state index contributed by atoms with van der Waals surface area (Å²) in [7, 11) is 0. The summed E-state index contributed by atoms with van der Waals surface area (Å²) in [6.07, 6.45) is 0. The number of oxazole rings is 1. The van der Waals surface area contributed by atoms with Crippen molar-refractivity contribution >= 4 is 28.6 Å². The molecule has 2 aromatic rings. The van der Waals surface area contributed by atoms with Crippen LogP contribution in [-0.2, 0) is 11.3 Å². The van der Waals surface area contributed by atoms with Gasteiger partial charge in [0.2, 0.25) is 11.8 Å². The SMILES string of the molecule is CC(=O)N1CCN(Cc2nc3cc(Cl)ccc3o2)CC1. The predicted octanol–water partition coefficient (Wildman–Crippen LogP) is 2.15. The van der Waals surface area contributed by atoms with Crippen LogP contribution in [0, 0.1) is 0 Å². The van der Waals surface area contributed by atoms with E-state index in [9.17, 15) is 4.79 Å². The van der Waals surface area contributed by atoms with E-state index in [2.05, 4.69) is 9.88 Å². The molecule has 2 heterocycles. The highest BCUT2D eigenvalue weighted by Crippen LogP contribution is 2.21. The number of fused-ring (bicyclic) bond motifs is 1. The zero-order chi connectivity index (χ0) is 14.1. The molecule has 20 heavy (non-hydrogen) atoms. The van der Waals surface area contributed by atoms with E-state index in [1.54, 1.807) is 19.1 Å². The van der Waals surface area contributed by atoms with Crippen molar-refractivity contribution in [2.45, 2.75) is 13.5 Å². The molecule has 0 saturated carbocycles. The number of hydrogen-bond acceptors (Lipinski definition) is 4. The van der Waals surface area contributed by atoms with Gasteiger partial charge in [0.05, 0.1) is 6.54 Å². The normalized spacial score (nSPS) is 16.8. The van der Waals surface area contributed by atoms with Crippen LogP contribution < -0.4 is 0 Å². The Kier molecular flexibility index (Phi) is 3.63. The first-order valence-corrected chi connectivity index (χ1v) is 7.02. The Balaban J connectivity index is 1.66. The number of halogens is 1. The van der Waals surface area contributed by atoms with E-state index in [1.165, 1.54) is 0 Å². The van der Waals surface area contributed by atoms with Gasteiger partial charge in [0.1, 0.15) is 5.52 Å². The van der Waals surface area contributed by atoms with Crippen LogP contribution in [-0.4, -0.2) is 46.9 Å². The fourth-order valence-electron chi connectivity index (χ4n) is 2.43. The quantitative estimate of drug-likeness (QED) is 0.851. The highest BCUT2D eigenvalue weighted by molar-refractivity contribution is 6.31. The molecular weight excluding hydrogens is 278 g/mol. The zero-order valence-electron chi connectivity index (χ0n) is 11.3. The van der Waals surface area contributed by atoms with Gasteiger partial charge in [-0.25, -0.2) is 4.98 Å². The van der Waals surface area contributed by atoms with Crippen molar-refractivity contribution in [3.05, 3.63) is 29.1 Å². The van der Waals surface area contributed by atoms with Gasteiger partial charge in [0.15, 0.2) is 5.58 Å². The van der Waals surface area contributed by atoms with Crippen LogP contribution in [0.5, 0.6) is 0 Å². The minimum Gasteiger partial charge on any atom is -0.439 e. The van der Waals surface area contributed by atoms with Crippen LogP contribution in [0.3, 0.4) is 0 Å². The lowest BCUT2D eigenvalue weighted by atomic mass is 10.3. The molecule has 1 amide bonds. The van der Waals surface area contributed by atoms with E-state index in [1.807, 2.05) is 11.0 Å². The summed E-state index contributed by atoms with van der Waals surface area (Å²) in [5.41, 5.74) is 1.54. The van der Waals surface area contributed by atoms with Crippen molar-refractivity contribution in [1.82, 2.24) is 14.8 Å². The van der Waals surface area contributed by atoms with Crippen LogP contribution in [0.25, 0.3) is 11.1 Å². The molecule has 0 bridgehead atoms. The van der Waals surface area contributed by atoms with E-state index in [-0.39, 0.29) is 5.91 Å². The average Bonchev–Trinajstić information content (AvgIpc) is 2.80. The van der Waals surface area contributed by atoms with E-state index >= 15 is 0 Å². The van der Waals surface area contributed by atoms with Gasteiger partial charge in [-0.3, -0.25) is 9.69 Å². The number of piperazine rings is 1. The van der Waals surface area contributed by atoms with E-state index in [4.69, 9.17) is 16.0 Å². The third-order valence-electron chi connectivity index (χ3n) is 3.57. The van der Waals surface area contributed by atoms with Gasteiger partial charge in [0, 0.05) is 38.1 Å². The Labute approximate surface area is 122 Å². The maximum atomic E-state index is 11.3. The number of amides is 1. The van der Waals surface area contributed by atoms with Crippen molar-refractivity contribution in [1.29, 1.82) is 0 Å². The number of nitrogens with zero attached hydrogens (tertiary/aromatic N) is 3. The average molecular weight is 294 g/mol. The molecule has 1 saturated heterocycles. The second-order valence-electron chi connectivity index (χ2n) is 5.00. The monoisotopic (exact) mass is 293 g/mol. The van der Waals surface area contributed by atoms with E-state index in [0.717, 1.165) is 37.3 Å². The van der Waals surface area contributed by atoms with Gasteiger partial charge < -0.3 is 9.32 Å². The Morgan fingerprint density at radius 3 is 2.80 bits per heavy atom. The molecule has 1 aliphatic rings. The molecule has 5 nitrogen and oxygen atoms in total. The molecule has 6 heteroatoms. The third-order valence-corrected chi connectivity index (χ3v) is 3.81. The molecule has 1 aliphatic heterocycles. The Bertz CT molecular complexity index is 632. The fourth-order valence-corrected chi connectivity index (χ4v) is 2.59. The van der Waals surface area contributed by atoms with Gasteiger partial charge in [0.25, 0.3) is 0 Å². The standard InChI is InChI=1S/C14H16ClN3O2/c1-10(19)18-6-4-17(5-7-18)9-14-16-12-8-11(15)2-3-13(12)20-14/h2-3,8H,4-7,9H2,1H3. The van der Waals surface area contributed by atoms with Gasteiger partial charge in [-0.2, -0.15) is 0 Å². The number of carbonyl (C=O) groups is 1. The first-order valence-electron chi connectivity index (χ1n) is 6.64. The molecule has 1 aromatic heterocycles. The van der Waals surface area contributed by atoms with Crippen molar-refractivity contribution in [3.63, 3.8) is 0 Å². The fraction of sp³-hybridized carbons (Fsp3) is 0.429. The minimum absolute atomic E-state index is 0.140. The van der Waals surface area contributed by atoms with Crippen LogP contribution in [0.15, 0.2) is 22.6 Å². The summed E-state index contributed by atoms with van der Waals surface area (Å²) in [5, 5.41) is 0.660. The van der Waals surface area contributed by atoms with Crippen LogP contribution in [0.2, 0.25) is 5.02 Å². The summed E-state index contributed by atoms with van der Waals surface area (Å²) in [6, 6.07) is 5.43. The molecule has 0 N–H and O–H groups in total. The molecule has 0 atom stereocenters. The van der Waals surface area contributed by atoms with Crippen molar-refractivity contribution in [3.8, 4) is 0 Å². The topological polar surface area (TPSA) is 49.6 Å². The molecular formula is C14H16ClN3O2. The highest BCUT2D eigenvalue weighted by Gasteiger charge is 2.20. The summed E-state index contributed by atoms with van der Waals surface area (Å²) in [5.74, 6) is 0.833. The van der Waals surface area contributed by atoms with Gasteiger partial charge >= 0.3 is 0 Å². The van der Waals surface area contributed by atoms with Gasteiger partial charge in [-0.05, 0) is 18.2 Å². The molecule has 0 radical (unpaired) electrons. The van der Waals surface area contributed by atoms with Gasteiger partial charge in [-0.15, -0.1) is 0 Å². The van der Waals surface area contributed by atoms with Gasteiger partial charge in [-0.1, -0.05) is 11.6 Å². The largest absolute Gasteiger partial charge is 0.439 e. The van der Waals surface area contributed by atoms with Crippen molar-refractivity contribution < 1.29 is 9.21 Å². The molecule has 0 spiro atoms. The summed E-state index contributed by atoms with van der Waals surface area (Å²) < 4.78 is 5.71. The number of carbonyl (C=O) groups excluding carboxylic acids is 1. The second kappa shape index (κ2) is 5.42. The first kappa shape index (κ1) is 13.4. The minimum atomic E-state index is 0.140. The lowest BCUT2D eigenvalue weighted by molar-refractivity contribution is -0.130. The van der Waals surface area contributed by atoms with Crippen LogP contribution >= 0.6 is 11.6 Å². The Morgan fingerprint density at radius 2 is 2.10 bits per heavy atom. The molecule has 0 unspecified atom stereocenters. The number of aromatic nitrogens is 1. The second-order valence-corrected chi connectivity index (χ2v) is 5.44. The molecule has 0 aliphatic carbocycles. The number of hydrogen-bond donors (Lipinski definition) is 0. The Hall–Kier alpha value is -1.59. The van der Waals surface area contributed by atoms with E-state index in [0.29, 0.717) is 17.5 Å². The van der Waals surface area contributed by atoms with E-state index < -0.39 is 0 Å². The lowest BCUT2D eigenvalue weighted by Gasteiger charge is -2.33. The Morgan fingerprint density at radius 1 is 1.35 bits per heavy atom. The lowest BCUT2D eigenvalue weighted by Crippen LogP contribution is -2.47. The smallest absolute Gasteiger partial charge is 0.219 e. The molecule has 1 aromatic carbocycles. The zero-order valence-corrected chi connectivity index (χ0v) is 12.1. The van der Waals surface area contributed by atoms with Crippen molar-refractivity contribution in [2.24, 2.45) is 0 Å². The molecule has 106 valence electrons. The molecule has 3 rings (SSSR count). The third kappa shape index (κ3) is 2.78. The summed E-state index contributed by atoms with van der Waals surface area (Å²) in [6.45, 7) is 5.50. The molecule has 1 fully saturated rings. The van der Waals surface area contributed by atoms with Crippen LogP contribution in [0.1, 0.15) is 12.8 Å². The maximum absolute atomic E-state index is 11.3. The first-order chi connectivity index (χ1) is 9.61. The number of benzene rings is 1. The summed E-state index contributed by atoms with van der Waals surface area (Å²) >= 11 is 5.94. The summed E-state index contributed by atoms with van der Waals surface area (Å²) in [4.78, 5) is 19.8. The maximum Gasteiger partial charge on any atom is 0.219 e.